The molecule has 0 saturated carbocycles. The molecule has 2 heterocycles. The fraction of sp³-hybridized carbons (Fsp3) is 0.250. The summed E-state index contributed by atoms with van der Waals surface area (Å²) in [5, 5.41) is 0. The lowest BCUT2D eigenvalue weighted by Crippen LogP contribution is -2.06. The molecule has 0 aromatic carbocycles. The van der Waals surface area contributed by atoms with Crippen LogP contribution < -0.4 is 5.73 Å². The first-order valence-electron chi connectivity index (χ1n) is 5.16. The molecule has 0 amide bonds. The fourth-order valence-corrected chi connectivity index (χ4v) is 1.56. The summed E-state index contributed by atoms with van der Waals surface area (Å²) in [6.45, 7) is 3.78. The molecule has 0 aliphatic rings. The van der Waals surface area contributed by atoms with E-state index in [9.17, 15) is 0 Å². The van der Waals surface area contributed by atoms with E-state index < -0.39 is 0 Å². The van der Waals surface area contributed by atoms with Gasteiger partial charge in [0, 0.05) is 23.9 Å². The summed E-state index contributed by atoms with van der Waals surface area (Å²) in [5.74, 6) is 1.26. The second-order valence-corrected chi connectivity index (χ2v) is 3.73. The Labute approximate surface area is 94.6 Å². The standard InChI is InChI=1S/C12H14N4/c1-8-11(15-9(2)16-12(8)13)7-10-5-3-4-6-14-10/h3-6H,7H2,1-2H3,(H2,13,15,16). The average molecular weight is 214 g/mol. The van der Waals surface area contributed by atoms with Gasteiger partial charge < -0.3 is 5.73 Å². The molecule has 0 fully saturated rings. The van der Waals surface area contributed by atoms with Crippen LogP contribution >= 0.6 is 0 Å². The van der Waals surface area contributed by atoms with Gasteiger partial charge in [0.05, 0.1) is 5.69 Å². The zero-order valence-electron chi connectivity index (χ0n) is 9.44. The minimum Gasteiger partial charge on any atom is -0.383 e. The molecule has 0 atom stereocenters. The lowest BCUT2D eigenvalue weighted by atomic mass is 10.1. The lowest BCUT2D eigenvalue weighted by molar-refractivity contribution is 0.930. The molecule has 16 heavy (non-hydrogen) atoms. The maximum absolute atomic E-state index is 5.80. The number of hydrogen-bond acceptors (Lipinski definition) is 4. The molecular formula is C12H14N4. The SMILES string of the molecule is Cc1nc(N)c(C)c(Cc2ccccn2)n1. The van der Waals surface area contributed by atoms with E-state index in [2.05, 4.69) is 15.0 Å². The molecule has 2 N–H and O–H groups in total. The van der Waals surface area contributed by atoms with Crippen molar-refractivity contribution in [2.24, 2.45) is 0 Å². The number of anilines is 1. The predicted octanol–water partition coefficient (Wildman–Crippen LogP) is 1.66. The number of nitrogens with zero attached hydrogens (tertiary/aromatic N) is 3. The van der Waals surface area contributed by atoms with Gasteiger partial charge in [0.2, 0.25) is 0 Å². The van der Waals surface area contributed by atoms with Gasteiger partial charge >= 0.3 is 0 Å². The van der Waals surface area contributed by atoms with Crippen molar-refractivity contribution in [1.82, 2.24) is 15.0 Å². The van der Waals surface area contributed by atoms with E-state index in [1.54, 1.807) is 6.20 Å². The molecule has 0 bridgehead atoms. The minimum atomic E-state index is 0.554. The highest BCUT2D eigenvalue weighted by atomic mass is 14.9. The van der Waals surface area contributed by atoms with E-state index in [-0.39, 0.29) is 0 Å². The highest BCUT2D eigenvalue weighted by Crippen LogP contribution is 2.14. The molecule has 4 heteroatoms. The summed E-state index contributed by atoms with van der Waals surface area (Å²) >= 11 is 0. The topological polar surface area (TPSA) is 64.7 Å². The highest BCUT2D eigenvalue weighted by Gasteiger charge is 2.07. The Morgan fingerprint density at radius 1 is 1.19 bits per heavy atom. The van der Waals surface area contributed by atoms with E-state index in [1.165, 1.54) is 0 Å². The second kappa shape index (κ2) is 4.26. The maximum Gasteiger partial charge on any atom is 0.130 e. The van der Waals surface area contributed by atoms with Crippen LogP contribution in [0.1, 0.15) is 22.8 Å². The van der Waals surface area contributed by atoms with E-state index >= 15 is 0 Å². The normalized spacial score (nSPS) is 10.4. The van der Waals surface area contributed by atoms with Crippen molar-refractivity contribution < 1.29 is 0 Å². The van der Waals surface area contributed by atoms with Crippen LogP contribution in [0.15, 0.2) is 24.4 Å². The molecule has 0 aliphatic carbocycles. The van der Waals surface area contributed by atoms with Gasteiger partial charge in [-0.3, -0.25) is 4.98 Å². The van der Waals surface area contributed by atoms with E-state index in [0.29, 0.717) is 18.1 Å². The first-order valence-corrected chi connectivity index (χ1v) is 5.16. The molecule has 0 unspecified atom stereocenters. The van der Waals surface area contributed by atoms with Gasteiger partial charge in [-0.25, -0.2) is 9.97 Å². The van der Waals surface area contributed by atoms with Crippen LogP contribution in [0.25, 0.3) is 0 Å². The average Bonchev–Trinajstić information content (AvgIpc) is 2.27. The Bertz CT molecular complexity index is 494. The first kappa shape index (κ1) is 10.5. The third-order valence-electron chi connectivity index (χ3n) is 2.47. The van der Waals surface area contributed by atoms with Crippen LogP contribution in [0.3, 0.4) is 0 Å². The Hall–Kier alpha value is -1.97. The van der Waals surface area contributed by atoms with Crippen molar-refractivity contribution in [1.29, 1.82) is 0 Å². The molecular weight excluding hydrogens is 200 g/mol. The molecule has 4 nitrogen and oxygen atoms in total. The van der Waals surface area contributed by atoms with E-state index in [0.717, 1.165) is 17.0 Å². The van der Waals surface area contributed by atoms with Gasteiger partial charge in [-0.1, -0.05) is 6.07 Å². The van der Waals surface area contributed by atoms with E-state index in [4.69, 9.17) is 5.73 Å². The predicted molar refractivity (Wildman–Crippen MR) is 63.0 cm³/mol. The number of nitrogen functional groups attached to an aromatic ring is 1. The van der Waals surface area contributed by atoms with Crippen molar-refractivity contribution in [3.63, 3.8) is 0 Å². The van der Waals surface area contributed by atoms with Gasteiger partial charge in [-0.05, 0) is 26.0 Å². The Morgan fingerprint density at radius 2 is 2.00 bits per heavy atom. The van der Waals surface area contributed by atoms with Gasteiger partial charge in [-0.2, -0.15) is 0 Å². The van der Waals surface area contributed by atoms with Crippen LogP contribution in [0, 0.1) is 13.8 Å². The Morgan fingerprint density at radius 3 is 2.69 bits per heavy atom. The molecule has 2 aromatic heterocycles. The highest BCUT2D eigenvalue weighted by molar-refractivity contribution is 5.42. The number of hydrogen-bond donors (Lipinski definition) is 1. The zero-order valence-corrected chi connectivity index (χ0v) is 9.44. The number of nitrogens with two attached hydrogens (primary N) is 1. The quantitative estimate of drug-likeness (QED) is 0.825. The van der Waals surface area contributed by atoms with Crippen LogP contribution in [-0.2, 0) is 6.42 Å². The summed E-state index contributed by atoms with van der Waals surface area (Å²) < 4.78 is 0. The minimum absolute atomic E-state index is 0.554. The number of aryl methyl sites for hydroxylation is 1. The summed E-state index contributed by atoms with van der Waals surface area (Å²) in [6, 6.07) is 5.85. The maximum atomic E-state index is 5.80. The number of rotatable bonds is 2. The third-order valence-corrected chi connectivity index (χ3v) is 2.47. The smallest absolute Gasteiger partial charge is 0.130 e. The van der Waals surface area contributed by atoms with Crippen molar-refractivity contribution in [2.45, 2.75) is 20.3 Å². The lowest BCUT2D eigenvalue weighted by Gasteiger charge is -2.07. The van der Waals surface area contributed by atoms with Gasteiger partial charge in [-0.15, -0.1) is 0 Å². The first-order chi connectivity index (χ1) is 7.66. The van der Waals surface area contributed by atoms with Crippen molar-refractivity contribution in [3.8, 4) is 0 Å². The summed E-state index contributed by atoms with van der Waals surface area (Å²) in [5.41, 5.74) is 8.68. The largest absolute Gasteiger partial charge is 0.383 e. The fourth-order valence-electron chi connectivity index (χ4n) is 1.56. The molecule has 82 valence electrons. The van der Waals surface area contributed by atoms with Gasteiger partial charge in [0.25, 0.3) is 0 Å². The van der Waals surface area contributed by atoms with Gasteiger partial charge in [0.15, 0.2) is 0 Å². The van der Waals surface area contributed by atoms with E-state index in [1.807, 2.05) is 32.0 Å². The van der Waals surface area contributed by atoms with Crippen LogP contribution in [0.5, 0.6) is 0 Å². The summed E-state index contributed by atoms with van der Waals surface area (Å²) in [6.07, 6.45) is 2.47. The number of aromatic nitrogens is 3. The summed E-state index contributed by atoms with van der Waals surface area (Å²) in [7, 11) is 0. The monoisotopic (exact) mass is 214 g/mol. The number of pyridine rings is 1. The van der Waals surface area contributed by atoms with Crippen molar-refractivity contribution in [3.05, 3.63) is 47.2 Å². The Balaban J connectivity index is 2.35. The van der Waals surface area contributed by atoms with Crippen molar-refractivity contribution >= 4 is 5.82 Å². The zero-order chi connectivity index (χ0) is 11.5. The molecule has 0 saturated heterocycles. The van der Waals surface area contributed by atoms with Crippen LogP contribution in [-0.4, -0.2) is 15.0 Å². The molecule has 2 rings (SSSR count). The third kappa shape index (κ3) is 2.16. The molecule has 0 aliphatic heterocycles. The second-order valence-electron chi connectivity index (χ2n) is 3.73. The Kier molecular flexibility index (Phi) is 2.81. The molecule has 0 radical (unpaired) electrons. The van der Waals surface area contributed by atoms with Crippen molar-refractivity contribution in [2.75, 3.05) is 5.73 Å². The van der Waals surface area contributed by atoms with Crippen LogP contribution in [0.4, 0.5) is 5.82 Å². The molecule has 0 spiro atoms. The van der Waals surface area contributed by atoms with Crippen LogP contribution in [0.2, 0.25) is 0 Å². The molecule has 2 aromatic rings. The van der Waals surface area contributed by atoms with Gasteiger partial charge in [0.1, 0.15) is 11.6 Å². The summed E-state index contributed by atoms with van der Waals surface area (Å²) in [4.78, 5) is 12.8.